The van der Waals surface area contributed by atoms with Gasteiger partial charge in [0.05, 0.1) is 11.4 Å². The third-order valence-corrected chi connectivity index (χ3v) is 5.10. The van der Waals surface area contributed by atoms with Crippen LogP contribution in [0.3, 0.4) is 0 Å². The standard InChI is InChI=1S/C18H25N5O2S.HI/c1-3-20-18(22-13-11-16-6-4-5-12-21-16)23-14-15-7-9-17(10-8-15)26(24,25)19-2;/h4-10,12,19H,3,11,13-14H2,1-2H3,(H2,20,22,23);1H. The van der Waals surface area contributed by atoms with Gasteiger partial charge in [-0.3, -0.25) is 4.98 Å². The molecule has 0 atom stereocenters. The maximum atomic E-state index is 11.7. The summed E-state index contributed by atoms with van der Waals surface area (Å²) >= 11 is 0. The molecule has 0 amide bonds. The van der Waals surface area contributed by atoms with E-state index in [9.17, 15) is 8.42 Å². The summed E-state index contributed by atoms with van der Waals surface area (Å²) in [6, 6.07) is 12.6. The van der Waals surface area contributed by atoms with Crippen LogP contribution in [0.25, 0.3) is 0 Å². The van der Waals surface area contributed by atoms with Crippen molar-refractivity contribution in [2.45, 2.75) is 24.8 Å². The summed E-state index contributed by atoms with van der Waals surface area (Å²) in [6.45, 7) is 3.95. The average molecular weight is 503 g/mol. The third-order valence-electron chi connectivity index (χ3n) is 3.67. The predicted octanol–water partition coefficient (Wildman–Crippen LogP) is 1.91. The lowest BCUT2D eigenvalue weighted by atomic mass is 10.2. The van der Waals surface area contributed by atoms with Crippen LogP contribution < -0.4 is 15.4 Å². The second-order valence-electron chi connectivity index (χ2n) is 5.54. The van der Waals surface area contributed by atoms with E-state index in [-0.39, 0.29) is 28.9 Å². The Labute approximate surface area is 178 Å². The number of pyridine rings is 1. The van der Waals surface area contributed by atoms with Crippen molar-refractivity contribution in [2.24, 2.45) is 4.99 Å². The van der Waals surface area contributed by atoms with Crippen LogP contribution >= 0.6 is 24.0 Å². The first-order valence-electron chi connectivity index (χ1n) is 8.49. The molecule has 0 unspecified atom stereocenters. The zero-order valence-corrected chi connectivity index (χ0v) is 18.6. The molecule has 0 saturated heterocycles. The van der Waals surface area contributed by atoms with E-state index >= 15 is 0 Å². The lowest BCUT2D eigenvalue weighted by molar-refractivity contribution is 0.588. The van der Waals surface area contributed by atoms with Crippen LogP contribution in [-0.4, -0.2) is 39.5 Å². The summed E-state index contributed by atoms with van der Waals surface area (Å²) in [5, 5.41) is 6.47. The molecule has 1 aromatic heterocycles. The molecule has 0 aliphatic carbocycles. The van der Waals surface area contributed by atoms with Crippen LogP contribution in [0.1, 0.15) is 18.2 Å². The molecule has 0 fully saturated rings. The summed E-state index contributed by atoms with van der Waals surface area (Å²) in [6.07, 6.45) is 2.59. The molecule has 27 heavy (non-hydrogen) atoms. The van der Waals surface area contributed by atoms with Crippen LogP contribution in [0.15, 0.2) is 58.5 Å². The Bertz CT molecular complexity index is 811. The van der Waals surface area contributed by atoms with Gasteiger partial charge < -0.3 is 10.6 Å². The van der Waals surface area contributed by atoms with E-state index in [0.717, 1.165) is 36.7 Å². The molecule has 0 bridgehead atoms. The van der Waals surface area contributed by atoms with E-state index < -0.39 is 10.0 Å². The molecule has 2 rings (SSSR count). The highest BCUT2D eigenvalue weighted by Gasteiger charge is 2.10. The predicted molar refractivity (Wildman–Crippen MR) is 119 cm³/mol. The second-order valence-corrected chi connectivity index (χ2v) is 7.43. The Hall–Kier alpha value is -1.72. The highest BCUT2D eigenvalue weighted by molar-refractivity contribution is 14.0. The minimum atomic E-state index is -3.41. The fourth-order valence-electron chi connectivity index (χ4n) is 2.26. The molecular formula is C18H26IN5O2S. The first-order valence-corrected chi connectivity index (χ1v) is 9.98. The Balaban J connectivity index is 0.00000364. The van der Waals surface area contributed by atoms with Crippen molar-refractivity contribution in [1.29, 1.82) is 0 Å². The summed E-state index contributed by atoms with van der Waals surface area (Å²) < 4.78 is 25.8. The van der Waals surface area contributed by atoms with E-state index in [0.29, 0.717) is 6.54 Å². The normalized spacial score (nSPS) is 11.6. The molecule has 0 spiro atoms. The molecular weight excluding hydrogens is 477 g/mol. The van der Waals surface area contributed by atoms with Gasteiger partial charge in [0.25, 0.3) is 0 Å². The molecule has 1 heterocycles. The van der Waals surface area contributed by atoms with Crippen molar-refractivity contribution in [1.82, 2.24) is 20.3 Å². The maximum absolute atomic E-state index is 11.7. The van der Waals surface area contributed by atoms with E-state index in [4.69, 9.17) is 0 Å². The Kier molecular flexibility index (Phi) is 10.3. The monoisotopic (exact) mass is 503 g/mol. The number of aromatic nitrogens is 1. The molecule has 148 valence electrons. The minimum absolute atomic E-state index is 0. The molecule has 0 aliphatic rings. The minimum Gasteiger partial charge on any atom is -0.357 e. The number of nitrogens with one attached hydrogen (secondary N) is 3. The van der Waals surface area contributed by atoms with Gasteiger partial charge in [-0.05, 0) is 43.8 Å². The van der Waals surface area contributed by atoms with E-state index in [1.165, 1.54) is 7.05 Å². The van der Waals surface area contributed by atoms with Gasteiger partial charge in [-0.15, -0.1) is 24.0 Å². The van der Waals surface area contributed by atoms with Gasteiger partial charge in [-0.2, -0.15) is 0 Å². The Morgan fingerprint density at radius 1 is 1.11 bits per heavy atom. The Morgan fingerprint density at radius 2 is 1.85 bits per heavy atom. The van der Waals surface area contributed by atoms with E-state index in [2.05, 4.69) is 25.3 Å². The lowest BCUT2D eigenvalue weighted by Gasteiger charge is -2.11. The van der Waals surface area contributed by atoms with Gasteiger partial charge >= 0.3 is 0 Å². The largest absolute Gasteiger partial charge is 0.357 e. The molecule has 1 aromatic carbocycles. The summed E-state index contributed by atoms with van der Waals surface area (Å²) in [5.74, 6) is 0.718. The second kappa shape index (κ2) is 11.9. The van der Waals surface area contributed by atoms with Crippen LogP contribution in [-0.2, 0) is 23.0 Å². The first-order chi connectivity index (χ1) is 12.5. The highest BCUT2D eigenvalue weighted by Crippen LogP contribution is 2.10. The molecule has 9 heteroatoms. The number of halogens is 1. The molecule has 7 nitrogen and oxygen atoms in total. The SMILES string of the molecule is CCNC(=NCc1ccc(S(=O)(=O)NC)cc1)NCCc1ccccn1.I. The van der Waals surface area contributed by atoms with Gasteiger partial charge in [0, 0.05) is 31.4 Å². The summed E-state index contributed by atoms with van der Waals surface area (Å²) in [4.78, 5) is 9.08. The van der Waals surface area contributed by atoms with Crippen molar-refractivity contribution in [3.63, 3.8) is 0 Å². The van der Waals surface area contributed by atoms with Crippen LogP contribution in [0, 0.1) is 0 Å². The molecule has 0 radical (unpaired) electrons. The van der Waals surface area contributed by atoms with Crippen LogP contribution in [0.2, 0.25) is 0 Å². The number of nitrogens with zero attached hydrogens (tertiary/aromatic N) is 2. The zero-order valence-electron chi connectivity index (χ0n) is 15.5. The van der Waals surface area contributed by atoms with Crippen molar-refractivity contribution >= 4 is 40.0 Å². The number of rotatable bonds is 8. The van der Waals surface area contributed by atoms with Gasteiger partial charge in [-0.25, -0.2) is 18.1 Å². The molecule has 3 N–H and O–H groups in total. The fourth-order valence-corrected chi connectivity index (χ4v) is 2.99. The van der Waals surface area contributed by atoms with Crippen LogP contribution in [0.5, 0.6) is 0 Å². The average Bonchev–Trinajstić information content (AvgIpc) is 2.67. The van der Waals surface area contributed by atoms with Gasteiger partial charge in [0.15, 0.2) is 5.96 Å². The van der Waals surface area contributed by atoms with Crippen LogP contribution in [0.4, 0.5) is 0 Å². The van der Waals surface area contributed by atoms with E-state index in [1.807, 2.05) is 25.1 Å². The topological polar surface area (TPSA) is 95.5 Å². The fraction of sp³-hybridized carbons (Fsp3) is 0.333. The molecule has 0 aliphatic heterocycles. The van der Waals surface area contributed by atoms with Crippen molar-refractivity contribution in [3.8, 4) is 0 Å². The zero-order chi connectivity index (χ0) is 18.8. The molecule has 0 saturated carbocycles. The number of aliphatic imine (C=N–C) groups is 1. The van der Waals surface area contributed by atoms with Gasteiger partial charge in [0.2, 0.25) is 10.0 Å². The van der Waals surface area contributed by atoms with Crippen molar-refractivity contribution in [2.75, 3.05) is 20.1 Å². The number of hydrogen-bond donors (Lipinski definition) is 3. The maximum Gasteiger partial charge on any atom is 0.240 e. The van der Waals surface area contributed by atoms with E-state index in [1.54, 1.807) is 30.5 Å². The first kappa shape index (κ1) is 23.3. The third kappa shape index (κ3) is 7.81. The summed E-state index contributed by atoms with van der Waals surface area (Å²) in [7, 11) is -2.01. The number of hydrogen-bond acceptors (Lipinski definition) is 4. The lowest BCUT2D eigenvalue weighted by Crippen LogP contribution is -2.38. The number of sulfonamides is 1. The van der Waals surface area contributed by atoms with Crippen molar-refractivity contribution < 1.29 is 8.42 Å². The Morgan fingerprint density at radius 3 is 2.44 bits per heavy atom. The van der Waals surface area contributed by atoms with Gasteiger partial charge in [0.1, 0.15) is 0 Å². The quantitative estimate of drug-likeness (QED) is 0.291. The molecule has 2 aromatic rings. The summed E-state index contributed by atoms with van der Waals surface area (Å²) in [5.41, 5.74) is 1.96. The van der Waals surface area contributed by atoms with Gasteiger partial charge in [-0.1, -0.05) is 18.2 Å². The number of guanidine groups is 1. The number of benzene rings is 1. The van der Waals surface area contributed by atoms with Crippen molar-refractivity contribution in [3.05, 3.63) is 59.9 Å². The smallest absolute Gasteiger partial charge is 0.240 e. The highest BCUT2D eigenvalue weighted by atomic mass is 127.